The Hall–Kier alpha value is -2.34. The lowest BCUT2D eigenvalue weighted by Gasteiger charge is -2.17. The molecule has 25 heavy (non-hydrogen) atoms. The lowest BCUT2D eigenvalue weighted by molar-refractivity contribution is -0.130. The molecule has 0 radical (unpaired) electrons. The molecule has 0 unspecified atom stereocenters. The average Bonchev–Trinajstić information content (AvgIpc) is 3.26. The molecule has 6 nitrogen and oxygen atoms in total. The number of methoxy groups -OCH3 is 1. The number of carbonyl (C=O) groups excluding carboxylic acids is 1. The van der Waals surface area contributed by atoms with E-state index in [-0.39, 0.29) is 17.9 Å². The Balaban J connectivity index is 1.59. The summed E-state index contributed by atoms with van der Waals surface area (Å²) in [6.45, 7) is 4.03. The first kappa shape index (κ1) is 17.5. The highest BCUT2D eigenvalue weighted by atomic mass is 16.5. The first-order chi connectivity index (χ1) is 12.1. The fourth-order valence-corrected chi connectivity index (χ4v) is 3.47. The third-order valence-corrected chi connectivity index (χ3v) is 4.95. The first-order valence-electron chi connectivity index (χ1n) is 8.79. The zero-order chi connectivity index (χ0) is 17.8. The second kappa shape index (κ2) is 7.70. The molecule has 1 amide bonds. The fourth-order valence-electron chi connectivity index (χ4n) is 3.47. The first-order valence-corrected chi connectivity index (χ1v) is 8.79. The maximum absolute atomic E-state index is 12.6. The largest absolute Gasteiger partial charge is 0.497 e. The van der Waals surface area contributed by atoms with E-state index in [2.05, 4.69) is 16.5 Å². The van der Waals surface area contributed by atoms with Crippen LogP contribution in [0.15, 0.2) is 36.7 Å². The van der Waals surface area contributed by atoms with Crippen LogP contribution in [0, 0.1) is 0 Å². The highest BCUT2D eigenvalue weighted by molar-refractivity contribution is 5.76. The molecule has 0 bridgehead atoms. The molecule has 1 fully saturated rings. The second-order valence-corrected chi connectivity index (χ2v) is 6.48. The topological polar surface area (TPSA) is 73.4 Å². The molecule has 6 heteroatoms. The van der Waals surface area contributed by atoms with E-state index >= 15 is 0 Å². The molecule has 1 aliphatic heterocycles. The highest BCUT2D eigenvalue weighted by Gasteiger charge is 2.33. The van der Waals surface area contributed by atoms with Gasteiger partial charge in [-0.15, -0.1) is 0 Å². The minimum atomic E-state index is -0.0307. The Morgan fingerprint density at radius 2 is 2.08 bits per heavy atom. The Labute approximate surface area is 148 Å². The van der Waals surface area contributed by atoms with Gasteiger partial charge in [-0.3, -0.25) is 4.79 Å². The zero-order valence-electron chi connectivity index (χ0n) is 14.9. The predicted molar refractivity (Wildman–Crippen MR) is 96.5 cm³/mol. The Morgan fingerprint density at radius 1 is 1.32 bits per heavy atom. The summed E-state index contributed by atoms with van der Waals surface area (Å²) in [5, 5.41) is 0. The summed E-state index contributed by atoms with van der Waals surface area (Å²) < 4.78 is 7.25. The van der Waals surface area contributed by atoms with E-state index in [0.29, 0.717) is 26.1 Å². The van der Waals surface area contributed by atoms with Crippen LogP contribution in [0.4, 0.5) is 0 Å². The highest BCUT2D eigenvalue weighted by Crippen LogP contribution is 2.28. The number of aryl methyl sites for hydroxylation is 2. The van der Waals surface area contributed by atoms with Gasteiger partial charge in [-0.25, -0.2) is 4.98 Å². The Bertz CT molecular complexity index is 710. The molecule has 1 aromatic heterocycles. The van der Waals surface area contributed by atoms with Gasteiger partial charge >= 0.3 is 0 Å². The van der Waals surface area contributed by atoms with E-state index in [1.165, 1.54) is 0 Å². The third-order valence-electron chi connectivity index (χ3n) is 4.95. The van der Waals surface area contributed by atoms with E-state index < -0.39 is 0 Å². The Kier molecular flexibility index (Phi) is 5.38. The van der Waals surface area contributed by atoms with E-state index in [1.807, 2.05) is 35.4 Å². The molecule has 0 spiro atoms. The lowest BCUT2D eigenvalue weighted by atomic mass is 9.95. The number of imidazole rings is 1. The van der Waals surface area contributed by atoms with Gasteiger partial charge in [0.05, 0.1) is 7.11 Å². The van der Waals surface area contributed by atoms with Gasteiger partial charge in [0.15, 0.2) is 0 Å². The van der Waals surface area contributed by atoms with Crippen LogP contribution in [0.5, 0.6) is 5.75 Å². The maximum atomic E-state index is 12.6. The van der Waals surface area contributed by atoms with Crippen LogP contribution in [-0.2, 0) is 17.8 Å². The third kappa shape index (κ3) is 3.85. The molecular formula is C19H26N4O2. The summed E-state index contributed by atoms with van der Waals surface area (Å²) in [5.74, 6) is 2.17. The number of benzene rings is 1. The monoisotopic (exact) mass is 342 g/mol. The van der Waals surface area contributed by atoms with Crippen LogP contribution in [0.3, 0.4) is 0 Å². The average molecular weight is 342 g/mol. The van der Waals surface area contributed by atoms with E-state index in [0.717, 1.165) is 23.6 Å². The minimum Gasteiger partial charge on any atom is -0.497 e. The molecule has 3 rings (SSSR count). The summed E-state index contributed by atoms with van der Waals surface area (Å²) >= 11 is 0. The number of hydrogen-bond acceptors (Lipinski definition) is 4. The molecule has 1 aliphatic rings. The van der Waals surface area contributed by atoms with Crippen molar-refractivity contribution in [1.82, 2.24) is 14.5 Å². The van der Waals surface area contributed by atoms with Gasteiger partial charge in [-0.2, -0.15) is 0 Å². The van der Waals surface area contributed by atoms with Crippen molar-refractivity contribution in [2.45, 2.75) is 38.3 Å². The summed E-state index contributed by atoms with van der Waals surface area (Å²) in [7, 11) is 1.65. The number of nitrogens with zero attached hydrogens (tertiary/aromatic N) is 3. The second-order valence-electron chi connectivity index (χ2n) is 6.48. The Morgan fingerprint density at radius 3 is 2.76 bits per heavy atom. The van der Waals surface area contributed by atoms with Crippen molar-refractivity contribution in [3.8, 4) is 5.75 Å². The summed E-state index contributed by atoms with van der Waals surface area (Å²) in [6, 6.07) is 7.93. The zero-order valence-corrected chi connectivity index (χ0v) is 14.9. The summed E-state index contributed by atoms with van der Waals surface area (Å²) in [6.07, 6.45) is 5.07. The summed E-state index contributed by atoms with van der Waals surface area (Å²) in [4.78, 5) is 18.8. The van der Waals surface area contributed by atoms with Gasteiger partial charge in [-0.1, -0.05) is 19.1 Å². The minimum absolute atomic E-state index is 0.0307. The van der Waals surface area contributed by atoms with E-state index in [9.17, 15) is 4.79 Å². The number of aromatic nitrogens is 2. The fraction of sp³-hybridized carbons (Fsp3) is 0.474. The molecule has 2 atom stereocenters. The van der Waals surface area contributed by atoms with Crippen molar-refractivity contribution in [3.63, 3.8) is 0 Å². The number of rotatable bonds is 6. The van der Waals surface area contributed by atoms with Crippen LogP contribution in [0.25, 0.3) is 0 Å². The van der Waals surface area contributed by atoms with Gasteiger partial charge < -0.3 is 19.9 Å². The molecule has 2 aromatic rings. The van der Waals surface area contributed by atoms with Crippen LogP contribution in [0.2, 0.25) is 0 Å². The number of likely N-dealkylation sites (tertiary alicyclic amines) is 1. The SMILES string of the molecule is CCc1nccn1CCC(=O)N1C[C@H](c2ccc(OC)cc2)[C@@H](N)C1. The molecule has 0 saturated carbocycles. The van der Waals surface area contributed by atoms with Crippen molar-refractivity contribution in [2.75, 3.05) is 20.2 Å². The van der Waals surface area contributed by atoms with E-state index in [4.69, 9.17) is 10.5 Å². The number of hydrogen-bond donors (Lipinski definition) is 1. The van der Waals surface area contributed by atoms with Gasteiger partial charge in [0.2, 0.25) is 5.91 Å². The predicted octanol–water partition coefficient (Wildman–Crippen LogP) is 1.80. The van der Waals surface area contributed by atoms with Crippen LogP contribution < -0.4 is 10.5 Å². The van der Waals surface area contributed by atoms with Crippen LogP contribution >= 0.6 is 0 Å². The van der Waals surface area contributed by atoms with Crippen molar-refractivity contribution in [3.05, 3.63) is 48.0 Å². The van der Waals surface area contributed by atoms with E-state index in [1.54, 1.807) is 13.3 Å². The number of amides is 1. The number of carbonyl (C=O) groups is 1. The van der Waals surface area contributed by atoms with Gasteiger partial charge in [0.25, 0.3) is 0 Å². The maximum Gasteiger partial charge on any atom is 0.224 e. The molecular weight excluding hydrogens is 316 g/mol. The van der Waals surface area contributed by atoms with Crippen molar-refractivity contribution < 1.29 is 9.53 Å². The molecule has 2 N–H and O–H groups in total. The standard InChI is InChI=1S/C19H26N4O2/c1-3-18-21-9-11-22(18)10-8-19(24)23-12-16(17(20)13-23)14-4-6-15(25-2)7-5-14/h4-7,9,11,16-17H,3,8,10,12-13,20H2,1-2H3/t16-,17+/m1/s1. The van der Waals surface area contributed by atoms with Crippen molar-refractivity contribution in [1.29, 1.82) is 0 Å². The van der Waals surface area contributed by atoms with Gasteiger partial charge in [0.1, 0.15) is 11.6 Å². The molecule has 2 heterocycles. The van der Waals surface area contributed by atoms with Gasteiger partial charge in [0, 0.05) is 56.8 Å². The summed E-state index contributed by atoms with van der Waals surface area (Å²) in [5.41, 5.74) is 7.46. The quantitative estimate of drug-likeness (QED) is 0.869. The smallest absolute Gasteiger partial charge is 0.224 e. The molecule has 1 saturated heterocycles. The molecule has 1 aromatic carbocycles. The lowest BCUT2D eigenvalue weighted by Crippen LogP contribution is -2.32. The number of nitrogens with two attached hydrogens (primary N) is 1. The molecule has 134 valence electrons. The van der Waals surface area contributed by atoms with Crippen molar-refractivity contribution >= 4 is 5.91 Å². The van der Waals surface area contributed by atoms with Crippen LogP contribution in [0.1, 0.15) is 30.7 Å². The van der Waals surface area contributed by atoms with Crippen LogP contribution in [-0.4, -0.2) is 46.6 Å². The number of ether oxygens (including phenoxy) is 1. The normalized spacial score (nSPS) is 20.0. The van der Waals surface area contributed by atoms with Crippen molar-refractivity contribution in [2.24, 2.45) is 5.73 Å². The molecule has 0 aliphatic carbocycles. The van der Waals surface area contributed by atoms with Gasteiger partial charge in [-0.05, 0) is 17.7 Å².